The van der Waals surface area contributed by atoms with Crippen LogP contribution in [0.2, 0.25) is 0 Å². The fourth-order valence-electron chi connectivity index (χ4n) is 9.31. The zero-order chi connectivity index (χ0) is 40.2. The maximum absolute atomic E-state index is 15.2. The van der Waals surface area contributed by atoms with Crippen molar-refractivity contribution < 1.29 is 28.0 Å². The van der Waals surface area contributed by atoms with E-state index in [9.17, 15) is 23.6 Å². The molecule has 1 unspecified atom stereocenters. The van der Waals surface area contributed by atoms with E-state index < -0.39 is 11.9 Å². The van der Waals surface area contributed by atoms with Crippen LogP contribution in [0.5, 0.6) is 0 Å². The van der Waals surface area contributed by atoms with Gasteiger partial charge in [0.2, 0.25) is 29.6 Å². The third-order valence-electron chi connectivity index (χ3n) is 12.7. The van der Waals surface area contributed by atoms with Crippen molar-refractivity contribution in [2.45, 2.75) is 108 Å². The van der Waals surface area contributed by atoms with E-state index in [1.54, 1.807) is 23.1 Å². The Morgan fingerprint density at radius 1 is 0.776 bits per heavy atom. The second-order valence-electron chi connectivity index (χ2n) is 16.5. The van der Waals surface area contributed by atoms with Crippen LogP contribution < -0.4 is 31.1 Å². The molecule has 13 nitrogen and oxygen atoms in total. The number of nitrogens with one attached hydrogen (secondary N) is 4. The van der Waals surface area contributed by atoms with E-state index in [-0.39, 0.29) is 59.6 Å². The highest BCUT2D eigenvalue weighted by Crippen LogP contribution is 2.32. The molecule has 1 atom stereocenters. The number of carbonyl (C=O) groups excluding carboxylic acids is 4. The molecule has 4 aliphatic heterocycles. The van der Waals surface area contributed by atoms with Crippen molar-refractivity contribution in [2.75, 3.05) is 53.2 Å². The van der Waals surface area contributed by atoms with Crippen molar-refractivity contribution in [1.82, 2.24) is 25.5 Å². The predicted molar refractivity (Wildman–Crippen MR) is 217 cm³/mol. The number of halogens is 2. The van der Waals surface area contributed by atoms with Gasteiger partial charge in [-0.15, -0.1) is 0 Å². The number of likely N-dealkylation sites (tertiary alicyclic amines) is 1. The van der Waals surface area contributed by atoms with Crippen LogP contribution in [0.4, 0.5) is 31.8 Å². The number of rotatable bonds is 10. The zero-order valence-electron chi connectivity index (χ0n) is 32.9. The van der Waals surface area contributed by atoms with Gasteiger partial charge in [0.05, 0.1) is 11.9 Å². The molecular formula is C43H53F2N9O4. The van der Waals surface area contributed by atoms with Crippen LogP contribution in [0.3, 0.4) is 0 Å². The van der Waals surface area contributed by atoms with Crippen LogP contribution >= 0.6 is 0 Å². The zero-order valence-corrected chi connectivity index (χ0v) is 32.9. The highest BCUT2D eigenvalue weighted by molar-refractivity contribution is 6.01. The normalized spacial score (nSPS) is 24.0. The van der Waals surface area contributed by atoms with Crippen molar-refractivity contribution in [3.05, 3.63) is 60.3 Å². The molecule has 0 radical (unpaired) electrons. The first-order valence-electron chi connectivity index (χ1n) is 21.1. The van der Waals surface area contributed by atoms with E-state index in [0.29, 0.717) is 48.3 Å². The van der Waals surface area contributed by atoms with Crippen molar-refractivity contribution in [2.24, 2.45) is 5.92 Å². The van der Waals surface area contributed by atoms with Gasteiger partial charge in [-0.25, -0.2) is 18.7 Å². The van der Waals surface area contributed by atoms with Crippen molar-refractivity contribution in [1.29, 1.82) is 0 Å². The van der Waals surface area contributed by atoms with E-state index in [1.165, 1.54) is 12.3 Å². The lowest BCUT2D eigenvalue weighted by Crippen LogP contribution is -2.50. The van der Waals surface area contributed by atoms with Gasteiger partial charge in [0.15, 0.2) is 5.82 Å². The van der Waals surface area contributed by atoms with Crippen LogP contribution in [0.15, 0.2) is 48.7 Å². The minimum atomic E-state index is -0.561. The van der Waals surface area contributed by atoms with E-state index >= 15 is 4.39 Å². The Hall–Kier alpha value is -5.18. The van der Waals surface area contributed by atoms with Gasteiger partial charge in [0.1, 0.15) is 17.6 Å². The average Bonchev–Trinajstić information content (AvgIpc) is 3.24. The van der Waals surface area contributed by atoms with Crippen LogP contribution in [0.25, 0.3) is 11.3 Å². The van der Waals surface area contributed by atoms with E-state index in [1.807, 2.05) is 18.2 Å². The number of hydrogen-bond acceptors (Lipinski definition) is 10. The Kier molecular flexibility index (Phi) is 12.1. The Labute approximate surface area is 337 Å². The van der Waals surface area contributed by atoms with Crippen LogP contribution in [-0.2, 0) is 19.2 Å². The molecule has 3 aromatic rings. The molecule has 5 fully saturated rings. The van der Waals surface area contributed by atoms with Crippen LogP contribution in [0, 0.1) is 17.6 Å². The third kappa shape index (κ3) is 9.24. The lowest BCUT2D eigenvalue weighted by atomic mass is 9.89. The molecule has 15 heteroatoms. The minimum absolute atomic E-state index is 0.00819. The molecule has 0 bridgehead atoms. The number of piperidine rings is 4. The molecule has 4 saturated heterocycles. The Morgan fingerprint density at radius 3 is 2.29 bits per heavy atom. The summed E-state index contributed by atoms with van der Waals surface area (Å²) in [6, 6.07) is 12.3. The van der Waals surface area contributed by atoms with Crippen LogP contribution in [0.1, 0.15) is 83.5 Å². The number of aromatic nitrogens is 2. The summed E-state index contributed by atoms with van der Waals surface area (Å²) in [6.45, 7) is 3.88. The lowest BCUT2D eigenvalue weighted by molar-refractivity contribution is -0.133. The maximum Gasteiger partial charge on any atom is 0.249 e. The molecule has 4 N–H and O–H groups in total. The van der Waals surface area contributed by atoms with E-state index in [0.717, 1.165) is 96.1 Å². The molecule has 0 spiro atoms. The largest absolute Gasteiger partial charge is 0.374 e. The number of benzene rings is 2. The summed E-state index contributed by atoms with van der Waals surface area (Å²) in [7, 11) is 0. The van der Waals surface area contributed by atoms with Gasteiger partial charge < -0.3 is 30.7 Å². The Bertz CT molecular complexity index is 1990. The Balaban J connectivity index is 0.754. The average molecular weight is 798 g/mol. The molecule has 1 saturated carbocycles. The number of hydrogen-bond donors (Lipinski definition) is 4. The molecule has 4 amide bonds. The number of carbonyl (C=O) groups is 4. The van der Waals surface area contributed by atoms with E-state index in [2.05, 4.69) is 41.0 Å². The summed E-state index contributed by atoms with van der Waals surface area (Å²) in [5.41, 5.74) is 2.61. The second-order valence-corrected chi connectivity index (χ2v) is 16.5. The molecule has 5 aliphatic rings. The fourth-order valence-corrected chi connectivity index (χ4v) is 9.31. The highest BCUT2D eigenvalue weighted by Gasteiger charge is 2.33. The smallest absolute Gasteiger partial charge is 0.249 e. The van der Waals surface area contributed by atoms with Gasteiger partial charge in [-0.3, -0.25) is 24.5 Å². The number of amides is 4. The summed E-state index contributed by atoms with van der Waals surface area (Å²) in [4.78, 5) is 64.5. The van der Waals surface area contributed by atoms with Gasteiger partial charge in [-0.05, 0) is 114 Å². The fraction of sp³-hybridized carbons (Fsp3) is 0.535. The van der Waals surface area contributed by atoms with Gasteiger partial charge in [0.25, 0.3) is 0 Å². The summed E-state index contributed by atoms with van der Waals surface area (Å²) in [5, 5.41) is 12.1. The summed E-state index contributed by atoms with van der Waals surface area (Å²) < 4.78 is 30.2. The van der Waals surface area contributed by atoms with Gasteiger partial charge in [-0.2, -0.15) is 0 Å². The summed E-state index contributed by atoms with van der Waals surface area (Å²) >= 11 is 0. The standard InChI is InChI=1S/C43H53F2N9O4/c44-34-25-31(47-36-12-14-38(55)50-42(36)58)11-13-37(34)53-22-17-32(18-23-53)52-20-15-27(16-21-52)41(57)48-29-7-9-30(10-8-29)49-43-46-26-35(45)40(51-43)28-4-3-5-33(24-28)54-19-2-1-6-39(54)56/h3-5,11,13,24-27,29-30,32,36,47H,1-2,6-10,12,14-23H2,(H,48,57)(H,46,49,51)(H,50,55,58)/t29-,30-,36?. The maximum atomic E-state index is 15.2. The minimum Gasteiger partial charge on any atom is -0.374 e. The summed E-state index contributed by atoms with van der Waals surface area (Å²) in [6.07, 6.45) is 11.0. The molecule has 1 aromatic heterocycles. The molecule has 2 aromatic carbocycles. The monoisotopic (exact) mass is 797 g/mol. The van der Waals surface area contributed by atoms with Crippen molar-refractivity contribution >= 4 is 46.6 Å². The molecular weight excluding hydrogens is 745 g/mol. The number of imide groups is 1. The quantitative estimate of drug-likeness (QED) is 0.197. The van der Waals surface area contributed by atoms with Crippen LogP contribution in [-0.4, -0.2) is 95.4 Å². The predicted octanol–water partition coefficient (Wildman–Crippen LogP) is 5.38. The molecule has 5 heterocycles. The van der Waals surface area contributed by atoms with Crippen molar-refractivity contribution in [3.63, 3.8) is 0 Å². The highest BCUT2D eigenvalue weighted by atomic mass is 19.1. The third-order valence-corrected chi connectivity index (χ3v) is 12.7. The van der Waals surface area contributed by atoms with Gasteiger partial charge >= 0.3 is 0 Å². The van der Waals surface area contributed by atoms with E-state index in [4.69, 9.17) is 0 Å². The molecule has 58 heavy (non-hydrogen) atoms. The number of anilines is 4. The Morgan fingerprint density at radius 2 is 1.55 bits per heavy atom. The SMILES string of the molecule is O=C1CCC(Nc2ccc(N3CCC(N4CCC(C(=O)N[C@H]5CC[C@H](Nc6ncc(F)c(-c7cccc(N8CCCCC8=O)c7)n6)CC5)CC4)CC3)c(F)c2)C(=O)N1. The molecule has 308 valence electrons. The van der Waals surface area contributed by atoms with Crippen molar-refractivity contribution in [3.8, 4) is 11.3 Å². The van der Waals surface area contributed by atoms with Gasteiger partial charge in [0, 0.05) is 73.5 Å². The molecule has 1 aliphatic carbocycles. The first-order chi connectivity index (χ1) is 28.2. The second kappa shape index (κ2) is 17.8. The number of nitrogens with zero attached hydrogens (tertiary/aromatic N) is 5. The topological polar surface area (TPSA) is 152 Å². The molecule has 8 rings (SSSR count). The first-order valence-corrected chi connectivity index (χ1v) is 21.1. The van der Waals surface area contributed by atoms with Gasteiger partial charge in [-0.1, -0.05) is 12.1 Å². The summed E-state index contributed by atoms with van der Waals surface area (Å²) in [5.74, 6) is -0.954. The lowest BCUT2D eigenvalue weighted by Gasteiger charge is -2.42. The first kappa shape index (κ1) is 39.6.